The van der Waals surface area contributed by atoms with E-state index in [2.05, 4.69) is 4.98 Å². The number of aromatic carboxylic acids is 1. The van der Waals surface area contributed by atoms with Crippen LogP contribution in [0.15, 0.2) is 21.9 Å². The van der Waals surface area contributed by atoms with Gasteiger partial charge in [-0.3, -0.25) is 4.90 Å². The Labute approximate surface area is 186 Å². The zero-order valence-electron chi connectivity index (χ0n) is 17.1. The van der Waals surface area contributed by atoms with Crippen LogP contribution in [0.5, 0.6) is 0 Å². The van der Waals surface area contributed by atoms with Gasteiger partial charge >= 0.3 is 18.2 Å². The fourth-order valence-electron chi connectivity index (χ4n) is 3.06. The molecule has 1 unspecified atom stereocenters. The molecule has 0 bridgehead atoms. The van der Waals surface area contributed by atoms with Crippen molar-refractivity contribution in [2.75, 3.05) is 12.3 Å². The molecule has 174 valence electrons. The van der Waals surface area contributed by atoms with Crippen LogP contribution in [0.4, 0.5) is 18.0 Å². The first-order valence-electron chi connectivity index (χ1n) is 9.63. The van der Waals surface area contributed by atoms with Gasteiger partial charge in [-0.25, -0.2) is 14.6 Å². The number of rotatable bonds is 11. The van der Waals surface area contributed by atoms with Crippen molar-refractivity contribution in [1.29, 1.82) is 0 Å². The van der Waals surface area contributed by atoms with E-state index in [0.717, 1.165) is 0 Å². The molecule has 1 aliphatic rings. The number of alkyl halides is 3. The molecule has 1 saturated heterocycles. The molecule has 7 nitrogen and oxygen atoms in total. The molecular formula is C19H25F3N2O5S2. The van der Waals surface area contributed by atoms with Gasteiger partial charge in [0.2, 0.25) is 0 Å². The summed E-state index contributed by atoms with van der Waals surface area (Å²) in [6.07, 6.45) is -2.67. The molecule has 1 amide bonds. The summed E-state index contributed by atoms with van der Waals surface area (Å²) in [6, 6.07) is -0.370. The number of ether oxygens (including phenoxy) is 1. The summed E-state index contributed by atoms with van der Waals surface area (Å²) in [5.41, 5.74) is -1.30. The quantitative estimate of drug-likeness (QED) is 0.352. The Morgan fingerprint density at radius 2 is 2.13 bits per heavy atom. The van der Waals surface area contributed by atoms with E-state index < -0.39 is 36.4 Å². The summed E-state index contributed by atoms with van der Waals surface area (Å²) in [7, 11) is 0. The second kappa shape index (κ2) is 10.7. The smallest absolute Gasteiger partial charge is 0.410 e. The minimum Gasteiger partial charge on any atom is -0.476 e. The fourth-order valence-corrected chi connectivity index (χ4v) is 4.87. The van der Waals surface area contributed by atoms with Crippen LogP contribution in [0.3, 0.4) is 0 Å². The molecule has 2 rings (SSSR count). The number of carbonyl (C=O) groups is 2. The number of carbonyl (C=O) groups excluding carboxylic acids is 1. The van der Waals surface area contributed by atoms with Crippen molar-refractivity contribution < 1.29 is 37.7 Å². The third-order valence-corrected chi connectivity index (χ3v) is 6.69. The lowest BCUT2D eigenvalue weighted by Crippen LogP contribution is -2.36. The van der Waals surface area contributed by atoms with Crippen LogP contribution in [0.1, 0.15) is 50.0 Å². The lowest BCUT2D eigenvalue weighted by molar-refractivity contribution is -0.137. The minimum atomic E-state index is -4.24. The molecule has 12 heteroatoms. The molecule has 1 fully saturated rings. The molecule has 2 N–H and O–H groups in total. The monoisotopic (exact) mass is 482 g/mol. The first kappa shape index (κ1) is 25.5. The fraction of sp³-hybridized carbons (Fsp3) is 0.632. The van der Waals surface area contributed by atoms with Crippen LogP contribution >= 0.6 is 23.1 Å². The number of amides is 1. The Morgan fingerprint density at radius 1 is 1.42 bits per heavy atom. The second-order valence-electron chi connectivity index (χ2n) is 7.52. The van der Waals surface area contributed by atoms with Crippen LogP contribution in [-0.4, -0.2) is 68.4 Å². The summed E-state index contributed by atoms with van der Waals surface area (Å²) in [4.78, 5) is 28.5. The summed E-state index contributed by atoms with van der Waals surface area (Å²) in [5, 5.41) is 20.7. The van der Waals surface area contributed by atoms with Crippen LogP contribution < -0.4 is 0 Å². The van der Waals surface area contributed by atoms with Gasteiger partial charge in [0.1, 0.15) is 6.10 Å². The van der Waals surface area contributed by atoms with Crippen LogP contribution in [-0.2, 0) is 4.74 Å². The number of halogens is 3. The van der Waals surface area contributed by atoms with Crippen molar-refractivity contribution >= 4 is 35.2 Å². The number of aromatic nitrogens is 1. The Kier molecular flexibility index (Phi) is 8.78. The van der Waals surface area contributed by atoms with Gasteiger partial charge in [0.25, 0.3) is 0 Å². The maximum Gasteiger partial charge on any atom is 0.410 e. The van der Waals surface area contributed by atoms with E-state index in [-0.39, 0.29) is 31.0 Å². The third-order valence-electron chi connectivity index (χ3n) is 4.69. The Bertz CT molecular complexity index is 798. The lowest BCUT2D eigenvalue weighted by Gasteiger charge is -2.23. The number of hydrogen-bond donors (Lipinski definition) is 2. The number of thiazole rings is 1. The SMILES string of the molecule is C[C@@H]1OC(=O)N(CCSc2nc(C(=O)O)cs2)[C@H]1/C=C/CC(C)(O)CCCC(F)(F)F. The summed E-state index contributed by atoms with van der Waals surface area (Å²) in [6.45, 7) is 3.57. The minimum absolute atomic E-state index is 0.0129. The first-order valence-corrected chi connectivity index (χ1v) is 11.5. The average molecular weight is 483 g/mol. The standard InChI is InChI=1S/C19H25F3N2O5S2/c1-12-14(5-3-6-18(2,28)7-4-8-19(20,21)22)24(17(27)29-12)9-10-30-16-23-13(11-31-16)15(25)26/h3,5,11-12,14,28H,4,6-10H2,1-2H3,(H,25,26)/b5-3+/t12-,14-,18?/m0/s1. The van der Waals surface area contributed by atoms with Gasteiger partial charge in [0.15, 0.2) is 10.0 Å². The molecule has 3 atom stereocenters. The van der Waals surface area contributed by atoms with E-state index in [9.17, 15) is 27.9 Å². The van der Waals surface area contributed by atoms with Crippen molar-refractivity contribution in [1.82, 2.24) is 9.88 Å². The first-order chi connectivity index (χ1) is 14.4. The van der Waals surface area contributed by atoms with Gasteiger partial charge in [0.05, 0.1) is 11.6 Å². The van der Waals surface area contributed by atoms with Crippen molar-refractivity contribution in [2.45, 2.75) is 67.8 Å². The van der Waals surface area contributed by atoms with Crippen LogP contribution in [0.2, 0.25) is 0 Å². The molecule has 0 spiro atoms. The van der Waals surface area contributed by atoms with E-state index in [0.29, 0.717) is 16.6 Å². The third kappa shape index (κ3) is 8.34. The molecule has 0 radical (unpaired) electrons. The van der Waals surface area contributed by atoms with Gasteiger partial charge in [0, 0.05) is 24.1 Å². The summed E-state index contributed by atoms with van der Waals surface area (Å²) >= 11 is 2.54. The zero-order chi connectivity index (χ0) is 23.2. The maximum absolute atomic E-state index is 12.3. The van der Waals surface area contributed by atoms with E-state index in [1.54, 1.807) is 19.1 Å². The van der Waals surface area contributed by atoms with E-state index >= 15 is 0 Å². The Balaban J connectivity index is 1.86. The molecule has 0 saturated carbocycles. The van der Waals surface area contributed by atoms with Gasteiger partial charge in [-0.1, -0.05) is 23.9 Å². The highest BCUT2D eigenvalue weighted by atomic mass is 32.2. The van der Waals surface area contributed by atoms with E-state index in [1.807, 2.05) is 0 Å². The lowest BCUT2D eigenvalue weighted by atomic mass is 9.94. The van der Waals surface area contributed by atoms with Gasteiger partial charge in [-0.2, -0.15) is 13.2 Å². The number of nitrogens with zero attached hydrogens (tertiary/aromatic N) is 2. The zero-order valence-corrected chi connectivity index (χ0v) is 18.7. The normalized spacial score (nSPS) is 21.5. The summed E-state index contributed by atoms with van der Waals surface area (Å²) in [5.74, 6) is -0.618. The number of cyclic esters (lactones) is 1. The largest absolute Gasteiger partial charge is 0.476 e. The molecule has 0 aromatic carbocycles. The number of hydrogen-bond acceptors (Lipinski definition) is 7. The molecule has 2 heterocycles. The predicted octanol–water partition coefficient (Wildman–Crippen LogP) is 4.57. The molecule has 1 aliphatic heterocycles. The highest BCUT2D eigenvalue weighted by Gasteiger charge is 2.37. The topological polar surface area (TPSA) is 100.0 Å². The molecular weight excluding hydrogens is 457 g/mol. The summed E-state index contributed by atoms with van der Waals surface area (Å²) < 4.78 is 42.7. The highest BCUT2D eigenvalue weighted by molar-refractivity contribution is 8.01. The molecule has 1 aromatic rings. The number of thioether (sulfide) groups is 1. The Morgan fingerprint density at radius 3 is 2.74 bits per heavy atom. The number of aliphatic hydroxyl groups is 1. The highest BCUT2D eigenvalue weighted by Crippen LogP contribution is 2.28. The predicted molar refractivity (Wildman–Crippen MR) is 111 cm³/mol. The Hall–Kier alpha value is -1.79. The number of carboxylic acids is 1. The average Bonchev–Trinajstić information content (AvgIpc) is 3.20. The van der Waals surface area contributed by atoms with Crippen LogP contribution in [0.25, 0.3) is 0 Å². The second-order valence-corrected chi connectivity index (χ2v) is 9.72. The van der Waals surface area contributed by atoms with Crippen molar-refractivity contribution in [3.63, 3.8) is 0 Å². The molecule has 31 heavy (non-hydrogen) atoms. The van der Waals surface area contributed by atoms with E-state index in [4.69, 9.17) is 9.84 Å². The maximum atomic E-state index is 12.3. The van der Waals surface area contributed by atoms with Gasteiger partial charge < -0.3 is 14.9 Å². The number of carboxylic acid groups (broad SMARTS) is 1. The van der Waals surface area contributed by atoms with Crippen molar-refractivity contribution in [2.24, 2.45) is 0 Å². The van der Waals surface area contributed by atoms with E-state index in [1.165, 1.54) is 40.3 Å². The van der Waals surface area contributed by atoms with Crippen LogP contribution in [0, 0.1) is 0 Å². The van der Waals surface area contributed by atoms with Crippen molar-refractivity contribution in [3.05, 3.63) is 23.2 Å². The molecule has 1 aromatic heterocycles. The molecule has 0 aliphatic carbocycles. The van der Waals surface area contributed by atoms with Gasteiger partial charge in [-0.15, -0.1) is 11.3 Å². The van der Waals surface area contributed by atoms with Crippen molar-refractivity contribution in [3.8, 4) is 0 Å². The van der Waals surface area contributed by atoms with Gasteiger partial charge in [-0.05, 0) is 33.1 Å².